The zero-order valence-corrected chi connectivity index (χ0v) is 16.4. The Balaban J connectivity index is 0.00000242. The molecule has 2 N–H and O–H groups in total. The lowest BCUT2D eigenvalue weighted by Crippen LogP contribution is -2.49. The van der Waals surface area contributed by atoms with Crippen LogP contribution in [0.2, 0.25) is 0 Å². The van der Waals surface area contributed by atoms with E-state index in [9.17, 15) is 0 Å². The van der Waals surface area contributed by atoms with E-state index in [4.69, 9.17) is 4.42 Å². The van der Waals surface area contributed by atoms with Crippen LogP contribution in [0.5, 0.6) is 0 Å². The van der Waals surface area contributed by atoms with Gasteiger partial charge in [0.05, 0.1) is 12.3 Å². The smallest absolute Gasteiger partial charge is 0.191 e. The molecule has 0 spiro atoms. The van der Waals surface area contributed by atoms with Gasteiger partial charge in [-0.2, -0.15) is 0 Å². The first-order valence-corrected chi connectivity index (χ1v) is 7.76. The fourth-order valence-corrected chi connectivity index (χ4v) is 2.67. The molecule has 22 heavy (non-hydrogen) atoms. The van der Waals surface area contributed by atoms with Crippen LogP contribution in [0.4, 0.5) is 0 Å². The molecule has 2 heterocycles. The first-order chi connectivity index (χ1) is 9.99. The topological polar surface area (TPSA) is 52.8 Å². The maximum absolute atomic E-state index is 5.63. The van der Waals surface area contributed by atoms with Gasteiger partial charge in [-0.3, -0.25) is 9.89 Å². The second-order valence-corrected chi connectivity index (χ2v) is 6.60. The Kier molecular flexibility index (Phi) is 7.68. The van der Waals surface area contributed by atoms with Crippen LogP contribution in [-0.4, -0.2) is 43.1 Å². The molecule has 0 radical (unpaired) electrons. The van der Waals surface area contributed by atoms with Crippen molar-refractivity contribution in [3.63, 3.8) is 0 Å². The molecule has 1 saturated heterocycles. The molecular formula is C16H29IN4O. The van der Waals surface area contributed by atoms with Crippen LogP contribution in [0.25, 0.3) is 0 Å². The molecule has 1 aromatic rings. The minimum atomic E-state index is -0.00430. The highest BCUT2D eigenvalue weighted by molar-refractivity contribution is 14.0. The van der Waals surface area contributed by atoms with Gasteiger partial charge >= 0.3 is 0 Å². The minimum Gasteiger partial charge on any atom is -0.468 e. The SMILES string of the molecule is CN=C(NCC(c1ccco1)N1CCCC1)NC(C)(C)C.I. The summed E-state index contributed by atoms with van der Waals surface area (Å²) < 4.78 is 5.63. The van der Waals surface area contributed by atoms with E-state index in [-0.39, 0.29) is 35.6 Å². The Morgan fingerprint density at radius 3 is 2.55 bits per heavy atom. The number of guanidine groups is 1. The normalized spacial score (nSPS) is 17.9. The maximum Gasteiger partial charge on any atom is 0.191 e. The Labute approximate surface area is 150 Å². The number of hydrogen-bond acceptors (Lipinski definition) is 3. The quantitative estimate of drug-likeness (QED) is 0.447. The van der Waals surface area contributed by atoms with Crippen LogP contribution >= 0.6 is 24.0 Å². The average molecular weight is 420 g/mol. The van der Waals surface area contributed by atoms with Gasteiger partial charge in [0.15, 0.2) is 5.96 Å². The van der Waals surface area contributed by atoms with E-state index in [1.54, 1.807) is 13.3 Å². The summed E-state index contributed by atoms with van der Waals surface area (Å²) in [7, 11) is 1.80. The second kappa shape index (κ2) is 8.76. The van der Waals surface area contributed by atoms with Crippen molar-refractivity contribution < 1.29 is 4.42 Å². The van der Waals surface area contributed by atoms with Crippen molar-refractivity contribution >= 4 is 29.9 Å². The van der Waals surface area contributed by atoms with Crippen molar-refractivity contribution in [2.75, 3.05) is 26.7 Å². The van der Waals surface area contributed by atoms with Crippen molar-refractivity contribution in [3.05, 3.63) is 24.2 Å². The number of halogens is 1. The fraction of sp³-hybridized carbons (Fsp3) is 0.688. The largest absolute Gasteiger partial charge is 0.468 e. The number of nitrogens with zero attached hydrogens (tertiary/aromatic N) is 2. The number of hydrogen-bond donors (Lipinski definition) is 2. The summed E-state index contributed by atoms with van der Waals surface area (Å²) in [5, 5.41) is 6.82. The third kappa shape index (κ3) is 5.79. The van der Waals surface area contributed by atoms with E-state index in [2.05, 4.69) is 47.4 Å². The second-order valence-electron chi connectivity index (χ2n) is 6.60. The molecule has 6 heteroatoms. The van der Waals surface area contributed by atoms with Gasteiger partial charge in [0.1, 0.15) is 5.76 Å². The number of nitrogens with one attached hydrogen (secondary N) is 2. The van der Waals surface area contributed by atoms with Gasteiger partial charge in [0.25, 0.3) is 0 Å². The summed E-state index contributed by atoms with van der Waals surface area (Å²) in [5.41, 5.74) is -0.00430. The molecule has 1 aliphatic rings. The Hall–Kier alpha value is -0.760. The van der Waals surface area contributed by atoms with Gasteiger partial charge < -0.3 is 15.1 Å². The molecule has 0 aromatic carbocycles. The van der Waals surface area contributed by atoms with Gasteiger partial charge in [-0.15, -0.1) is 24.0 Å². The Bertz CT molecular complexity index is 447. The van der Waals surface area contributed by atoms with E-state index in [0.717, 1.165) is 31.4 Å². The highest BCUT2D eigenvalue weighted by atomic mass is 127. The van der Waals surface area contributed by atoms with Gasteiger partial charge in [-0.1, -0.05) is 0 Å². The molecular weight excluding hydrogens is 391 g/mol. The predicted octanol–water partition coefficient (Wildman–Crippen LogP) is 3.00. The van der Waals surface area contributed by atoms with Crippen molar-refractivity contribution in [2.45, 2.75) is 45.2 Å². The molecule has 0 aliphatic carbocycles. The van der Waals surface area contributed by atoms with E-state index < -0.39 is 0 Å². The van der Waals surface area contributed by atoms with Crippen LogP contribution in [-0.2, 0) is 0 Å². The third-order valence-electron chi connectivity index (χ3n) is 3.63. The number of rotatable bonds is 4. The number of furan rings is 1. The van der Waals surface area contributed by atoms with Gasteiger partial charge in [-0.05, 0) is 58.8 Å². The van der Waals surface area contributed by atoms with Crippen molar-refractivity contribution in [1.82, 2.24) is 15.5 Å². The molecule has 2 rings (SSSR count). The van der Waals surface area contributed by atoms with Crippen LogP contribution in [0, 0.1) is 0 Å². The van der Waals surface area contributed by atoms with Gasteiger partial charge in [0, 0.05) is 19.1 Å². The third-order valence-corrected chi connectivity index (χ3v) is 3.63. The number of likely N-dealkylation sites (tertiary alicyclic amines) is 1. The summed E-state index contributed by atoms with van der Waals surface area (Å²) in [5.74, 6) is 1.86. The highest BCUT2D eigenvalue weighted by Crippen LogP contribution is 2.24. The lowest BCUT2D eigenvalue weighted by molar-refractivity contribution is 0.215. The van der Waals surface area contributed by atoms with E-state index in [0.29, 0.717) is 0 Å². The summed E-state index contributed by atoms with van der Waals surface area (Å²) in [6.07, 6.45) is 4.29. The zero-order chi connectivity index (χ0) is 15.3. The highest BCUT2D eigenvalue weighted by Gasteiger charge is 2.26. The van der Waals surface area contributed by atoms with Crippen LogP contribution < -0.4 is 10.6 Å². The molecule has 0 bridgehead atoms. The summed E-state index contributed by atoms with van der Waals surface area (Å²) in [6.45, 7) is 9.46. The van der Waals surface area contributed by atoms with Crippen molar-refractivity contribution in [2.24, 2.45) is 4.99 Å². The van der Waals surface area contributed by atoms with Crippen LogP contribution in [0.1, 0.15) is 45.4 Å². The van der Waals surface area contributed by atoms with Crippen LogP contribution in [0.15, 0.2) is 27.8 Å². The first-order valence-electron chi connectivity index (χ1n) is 7.76. The zero-order valence-electron chi connectivity index (χ0n) is 14.1. The first kappa shape index (κ1) is 19.3. The van der Waals surface area contributed by atoms with Gasteiger partial charge in [0.2, 0.25) is 0 Å². The Morgan fingerprint density at radius 2 is 2.05 bits per heavy atom. The van der Waals surface area contributed by atoms with Crippen LogP contribution in [0.3, 0.4) is 0 Å². The molecule has 126 valence electrons. The van der Waals surface area contributed by atoms with Crippen molar-refractivity contribution in [3.8, 4) is 0 Å². The summed E-state index contributed by atoms with van der Waals surface area (Å²) >= 11 is 0. The maximum atomic E-state index is 5.63. The molecule has 1 aliphatic heterocycles. The standard InChI is InChI=1S/C16H28N4O.HI/c1-16(2,3)19-15(17-4)18-12-13(14-8-7-11-21-14)20-9-5-6-10-20;/h7-8,11,13H,5-6,9-10,12H2,1-4H3,(H2,17,18,19);1H. The molecule has 0 saturated carbocycles. The van der Waals surface area contributed by atoms with E-state index in [1.807, 2.05) is 6.07 Å². The Morgan fingerprint density at radius 1 is 1.36 bits per heavy atom. The number of aliphatic imine (C=N–C) groups is 1. The predicted molar refractivity (Wildman–Crippen MR) is 102 cm³/mol. The van der Waals surface area contributed by atoms with Gasteiger partial charge in [-0.25, -0.2) is 0 Å². The van der Waals surface area contributed by atoms with E-state index in [1.165, 1.54) is 12.8 Å². The fourth-order valence-electron chi connectivity index (χ4n) is 2.67. The van der Waals surface area contributed by atoms with E-state index >= 15 is 0 Å². The monoisotopic (exact) mass is 420 g/mol. The average Bonchev–Trinajstić information content (AvgIpc) is 3.09. The minimum absolute atomic E-state index is 0. The lowest BCUT2D eigenvalue weighted by atomic mass is 10.1. The lowest BCUT2D eigenvalue weighted by Gasteiger charge is -2.28. The molecule has 0 amide bonds. The molecule has 1 fully saturated rings. The molecule has 5 nitrogen and oxygen atoms in total. The van der Waals surface area contributed by atoms with Crippen molar-refractivity contribution in [1.29, 1.82) is 0 Å². The summed E-state index contributed by atoms with van der Waals surface area (Å²) in [6, 6.07) is 4.28. The summed E-state index contributed by atoms with van der Waals surface area (Å²) in [4.78, 5) is 6.78. The molecule has 1 atom stereocenters. The molecule has 1 aromatic heterocycles. The molecule has 1 unspecified atom stereocenters.